The Morgan fingerprint density at radius 3 is 2.00 bits per heavy atom. The van der Waals surface area contributed by atoms with Crippen LogP contribution in [0.4, 0.5) is 0 Å². The molecule has 0 amide bonds. The SMILES string of the molecule is C.CC[C@@]1(C)CC(C)CC[C@@]1(C)CC. The summed E-state index contributed by atoms with van der Waals surface area (Å²) in [5.74, 6) is 0.949. The number of hydrogen-bond acceptors (Lipinski definition) is 0. The van der Waals surface area contributed by atoms with E-state index in [2.05, 4.69) is 34.6 Å². The largest absolute Gasteiger partial charge is 0.0776 e. The normalized spacial score (nSPS) is 43.1. The minimum absolute atomic E-state index is 0. The molecule has 86 valence electrons. The molecule has 0 aromatic rings. The lowest BCUT2D eigenvalue weighted by Gasteiger charge is -2.52. The Morgan fingerprint density at radius 1 is 1.07 bits per heavy atom. The maximum absolute atomic E-state index is 2.51. The van der Waals surface area contributed by atoms with Gasteiger partial charge in [-0.25, -0.2) is 0 Å². The van der Waals surface area contributed by atoms with Gasteiger partial charge < -0.3 is 0 Å². The van der Waals surface area contributed by atoms with Gasteiger partial charge in [-0.2, -0.15) is 0 Å². The minimum atomic E-state index is 0. The van der Waals surface area contributed by atoms with Crippen molar-refractivity contribution in [3.63, 3.8) is 0 Å². The third kappa shape index (κ3) is 2.15. The molecule has 0 saturated heterocycles. The molecule has 0 aromatic carbocycles. The smallest absolute Gasteiger partial charge is 0.0272 e. The molecule has 14 heavy (non-hydrogen) atoms. The Kier molecular flexibility index (Phi) is 4.68. The van der Waals surface area contributed by atoms with Crippen LogP contribution in [0.3, 0.4) is 0 Å². The highest BCUT2D eigenvalue weighted by Gasteiger charge is 2.45. The van der Waals surface area contributed by atoms with Crippen LogP contribution < -0.4 is 0 Å². The summed E-state index contributed by atoms with van der Waals surface area (Å²) in [5, 5.41) is 0. The van der Waals surface area contributed by atoms with Gasteiger partial charge in [0, 0.05) is 0 Å². The molecule has 0 aliphatic heterocycles. The highest BCUT2D eigenvalue weighted by molar-refractivity contribution is 4.95. The fraction of sp³-hybridized carbons (Fsp3) is 1.00. The van der Waals surface area contributed by atoms with Crippen molar-refractivity contribution in [2.75, 3.05) is 0 Å². The molecular weight excluding hydrogens is 168 g/mol. The Bertz CT molecular complexity index is 173. The Labute approximate surface area is 91.5 Å². The molecule has 1 rings (SSSR count). The van der Waals surface area contributed by atoms with Gasteiger partial charge in [0.05, 0.1) is 0 Å². The maximum atomic E-state index is 2.51. The second-order valence-electron chi connectivity index (χ2n) is 5.68. The van der Waals surface area contributed by atoms with E-state index in [0.29, 0.717) is 10.8 Å². The van der Waals surface area contributed by atoms with E-state index < -0.39 is 0 Å². The molecule has 0 spiro atoms. The van der Waals surface area contributed by atoms with Crippen molar-refractivity contribution in [1.29, 1.82) is 0 Å². The lowest BCUT2D eigenvalue weighted by Crippen LogP contribution is -2.41. The fourth-order valence-electron chi connectivity index (χ4n) is 3.16. The highest BCUT2D eigenvalue weighted by Crippen LogP contribution is 2.55. The van der Waals surface area contributed by atoms with E-state index in [0.717, 1.165) is 5.92 Å². The van der Waals surface area contributed by atoms with Gasteiger partial charge in [0.25, 0.3) is 0 Å². The first kappa shape index (κ1) is 14.0. The molecule has 3 atom stereocenters. The zero-order valence-corrected chi connectivity index (χ0v) is 10.1. The summed E-state index contributed by atoms with van der Waals surface area (Å²) < 4.78 is 0. The molecule has 0 N–H and O–H groups in total. The van der Waals surface area contributed by atoms with E-state index >= 15 is 0 Å². The third-order valence-electron chi connectivity index (χ3n) is 5.01. The number of rotatable bonds is 2. The summed E-state index contributed by atoms with van der Waals surface area (Å²) in [4.78, 5) is 0. The Morgan fingerprint density at radius 2 is 1.57 bits per heavy atom. The van der Waals surface area contributed by atoms with Crippen molar-refractivity contribution in [1.82, 2.24) is 0 Å². The molecular formula is C14H30. The molecule has 0 radical (unpaired) electrons. The molecule has 1 aliphatic carbocycles. The van der Waals surface area contributed by atoms with E-state index in [1.807, 2.05) is 0 Å². The standard InChI is InChI=1S/C13H26.CH4/c1-6-12(4)9-8-11(3)10-13(12,5)7-2;/h11H,6-10H2,1-5H3;1H4/t11?,12-,13+;/m1./s1. The lowest BCUT2D eigenvalue weighted by atomic mass is 9.53. The van der Waals surface area contributed by atoms with Crippen molar-refractivity contribution in [3.8, 4) is 0 Å². The van der Waals surface area contributed by atoms with Gasteiger partial charge in [-0.1, -0.05) is 61.3 Å². The summed E-state index contributed by atoms with van der Waals surface area (Å²) in [6.45, 7) is 12.2. The first-order valence-electron chi connectivity index (χ1n) is 5.97. The van der Waals surface area contributed by atoms with Gasteiger partial charge in [-0.05, 0) is 29.6 Å². The van der Waals surface area contributed by atoms with E-state index in [4.69, 9.17) is 0 Å². The van der Waals surface area contributed by atoms with Crippen LogP contribution in [0.25, 0.3) is 0 Å². The van der Waals surface area contributed by atoms with E-state index in [-0.39, 0.29) is 7.43 Å². The average molecular weight is 198 g/mol. The van der Waals surface area contributed by atoms with E-state index in [9.17, 15) is 0 Å². The predicted octanol–water partition coefficient (Wildman–Crippen LogP) is 5.28. The zero-order valence-electron chi connectivity index (χ0n) is 10.1. The first-order chi connectivity index (χ1) is 5.97. The predicted molar refractivity (Wildman–Crippen MR) is 66.5 cm³/mol. The highest BCUT2D eigenvalue weighted by atomic mass is 14.5. The first-order valence-corrected chi connectivity index (χ1v) is 5.97. The van der Waals surface area contributed by atoms with Crippen LogP contribution in [0.15, 0.2) is 0 Å². The van der Waals surface area contributed by atoms with Gasteiger partial charge in [-0.3, -0.25) is 0 Å². The van der Waals surface area contributed by atoms with Crippen LogP contribution in [0, 0.1) is 16.7 Å². The molecule has 0 heterocycles. The maximum Gasteiger partial charge on any atom is -0.0272 e. The topological polar surface area (TPSA) is 0 Å². The van der Waals surface area contributed by atoms with Crippen molar-refractivity contribution < 1.29 is 0 Å². The van der Waals surface area contributed by atoms with Gasteiger partial charge in [0.15, 0.2) is 0 Å². The molecule has 1 aliphatic rings. The number of hydrogen-bond donors (Lipinski definition) is 0. The third-order valence-corrected chi connectivity index (χ3v) is 5.01. The average Bonchev–Trinajstić information content (AvgIpc) is 2.12. The second-order valence-corrected chi connectivity index (χ2v) is 5.68. The van der Waals surface area contributed by atoms with Crippen LogP contribution in [-0.4, -0.2) is 0 Å². The monoisotopic (exact) mass is 198 g/mol. The van der Waals surface area contributed by atoms with Crippen molar-refractivity contribution in [2.24, 2.45) is 16.7 Å². The molecule has 1 fully saturated rings. The summed E-state index contributed by atoms with van der Waals surface area (Å²) in [6, 6.07) is 0. The second kappa shape index (κ2) is 4.68. The van der Waals surface area contributed by atoms with E-state index in [1.54, 1.807) is 0 Å². The summed E-state index contributed by atoms with van der Waals surface area (Å²) in [7, 11) is 0. The van der Waals surface area contributed by atoms with Gasteiger partial charge in [0.2, 0.25) is 0 Å². The molecule has 0 aromatic heterocycles. The molecule has 0 nitrogen and oxygen atoms in total. The van der Waals surface area contributed by atoms with Crippen LogP contribution in [-0.2, 0) is 0 Å². The van der Waals surface area contributed by atoms with Crippen LogP contribution in [0.1, 0.15) is 74.1 Å². The Balaban J connectivity index is 0.00000169. The summed E-state index contributed by atoms with van der Waals surface area (Å²) in [5.41, 5.74) is 1.20. The quantitative estimate of drug-likeness (QED) is 0.566. The molecule has 1 saturated carbocycles. The van der Waals surface area contributed by atoms with Crippen LogP contribution >= 0.6 is 0 Å². The fourth-order valence-corrected chi connectivity index (χ4v) is 3.16. The molecule has 1 unspecified atom stereocenters. The van der Waals surface area contributed by atoms with Gasteiger partial charge >= 0.3 is 0 Å². The van der Waals surface area contributed by atoms with Gasteiger partial charge in [0.1, 0.15) is 0 Å². The van der Waals surface area contributed by atoms with Crippen molar-refractivity contribution in [3.05, 3.63) is 0 Å². The van der Waals surface area contributed by atoms with Crippen molar-refractivity contribution >= 4 is 0 Å². The lowest BCUT2D eigenvalue weighted by molar-refractivity contribution is -0.0133. The Hall–Kier alpha value is 0. The van der Waals surface area contributed by atoms with E-state index in [1.165, 1.54) is 32.1 Å². The van der Waals surface area contributed by atoms with Crippen molar-refractivity contribution in [2.45, 2.75) is 74.1 Å². The zero-order chi connectivity index (χ0) is 10.1. The summed E-state index contributed by atoms with van der Waals surface area (Å²) >= 11 is 0. The molecule has 0 heteroatoms. The van der Waals surface area contributed by atoms with Crippen LogP contribution in [0.2, 0.25) is 0 Å². The van der Waals surface area contributed by atoms with Crippen LogP contribution in [0.5, 0.6) is 0 Å². The van der Waals surface area contributed by atoms with Gasteiger partial charge in [-0.15, -0.1) is 0 Å². The molecule has 0 bridgehead atoms. The minimum Gasteiger partial charge on any atom is -0.0776 e. The summed E-state index contributed by atoms with van der Waals surface area (Å²) in [6.07, 6.45) is 7.02.